The van der Waals surface area contributed by atoms with Crippen molar-refractivity contribution in [2.75, 3.05) is 13.7 Å². The van der Waals surface area contributed by atoms with E-state index in [1.54, 1.807) is 13.8 Å². The Hall–Kier alpha value is -1.15. The molecular weight excluding hydrogens is 306 g/mol. The Morgan fingerprint density at radius 1 is 1.45 bits per heavy atom. The average molecular weight is 322 g/mol. The van der Waals surface area contributed by atoms with Gasteiger partial charge in [0.15, 0.2) is 0 Å². The monoisotopic (exact) mass is 321 g/mol. The van der Waals surface area contributed by atoms with Crippen molar-refractivity contribution in [3.05, 3.63) is 28.8 Å². The Labute approximate surface area is 122 Å². The number of hydrogen-bond acceptors (Lipinski definition) is 4. The van der Waals surface area contributed by atoms with Crippen LogP contribution in [0.1, 0.15) is 24.2 Å². The van der Waals surface area contributed by atoms with Crippen molar-refractivity contribution in [2.24, 2.45) is 0 Å². The minimum absolute atomic E-state index is 0.0456. The minimum Gasteiger partial charge on any atom is -0.478 e. The van der Waals surface area contributed by atoms with Gasteiger partial charge in [-0.25, -0.2) is 17.9 Å². The molecule has 0 radical (unpaired) electrons. The Morgan fingerprint density at radius 2 is 2.05 bits per heavy atom. The average Bonchev–Trinajstić information content (AvgIpc) is 2.26. The second kappa shape index (κ2) is 6.09. The van der Waals surface area contributed by atoms with Gasteiger partial charge >= 0.3 is 5.97 Å². The van der Waals surface area contributed by atoms with Crippen LogP contribution in [0.25, 0.3) is 0 Å². The maximum atomic E-state index is 12.3. The van der Waals surface area contributed by atoms with E-state index in [9.17, 15) is 13.2 Å². The second-order valence-corrected chi connectivity index (χ2v) is 6.93. The van der Waals surface area contributed by atoms with Gasteiger partial charge in [-0.3, -0.25) is 0 Å². The smallest absolute Gasteiger partial charge is 0.335 e. The van der Waals surface area contributed by atoms with Gasteiger partial charge in [-0.15, -0.1) is 0 Å². The van der Waals surface area contributed by atoms with Crippen LogP contribution in [-0.4, -0.2) is 38.7 Å². The molecule has 0 atom stereocenters. The minimum atomic E-state index is -3.95. The highest BCUT2D eigenvalue weighted by Crippen LogP contribution is 2.24. The molecule has 0 spiro atoms. The third-order valence-corrected chi connectivity index (χ3v) is 4.56. The lowest BCUT2D eigenvalue weighted by atomic mass is 10.1. The van der Waals surface area contributed by atoms with Crippen LogP contribution < -0.4 is 4.72 Å². The topological polar surface area (TPSA) is 92.7 Å². The number of ether oxygens (including phenoxy) is 1. The Morgan fingerprint density at radius 3 is 2.55 bits per heavy atom. The maximum Gasteiger partial charge on any atom is 0.335 e. The van der Waals surface area contributed by atoms with Gasteiger partial charge in [0.1, 0.15) is 4.90 Å². The Bertz CT molecular complexity index is 612. The summed E-state index contributed by atoms with van der Waals surface area (Å²) < 4.78 is 31.9. The van der Waals surface area contributed by atoms with Crippen LogP contribution in [0.2, 0.25) is 5.02 Å². The number of nitrogens with one attached hydrogen (secondary N) is 1. The predicted molar refractivity (Wildman–Crippen MR) is 74.7 cm³/mol. The first-order valence-electron chi connectivity index (χ1n) is 5.65. The fourth-order valence-electron chi connectivity index (χ4n) is 1.65. The highest BCUT2D eigenvalue weighted by Gasteiger charge is 2.28. The molecule has 20 heavy (non-hydrogen) atoms. The quantitative estimate of drug-likeness (QED) is 0.832. The van der Waals surface area contributed by atoms with Gasteiger partial charge in [-0.2, -0.15) is 0 Å². The number of carboxylic acid groups (broad SMARTS) is 1. The third-order valence-electron chi connectivity index (χ3n) is 2.38. The lowest BCUT2D eigenvalue weighted by Crippen LogP contribution is -2.46. The fraction of sp³-hybridized carbons (Fsp3) is 0.417. The zero-order valence-corrected chi connectivity index (χ0v) is 12.9. The first kappa shape index (κ1) is 16.9. The molecule has 0 aromatic heterocycles. The number of carbonyl (C=O) groups is 1. The summed E-state index contributed by atoms with van der Waals surface area (Å²) in [5, 5.41) is 8.86. The molecular formula is C12H16ClNO5S. The standard InChI is InChI=1S/C12H16ClNO5S/c1-12(2,7-19-3)14-20(17,18)10-6-8(11(15)16)4-5-9(10)13/h4-6,14H,7H2,1-3H3,(H,15,16). The van der Waals surface area contributed by atoms with E-state index < -0.39 is 21.5 Å². The summed E-state index contributed by atoms with van der Waals surface area (Å²) >= 11 is 5.85. The molecule has 6 nitrogen and oxygen atoms in total. The number of halogens is 1. The van der Waals surface area contributed by atoms with Crippen LogP contribution in [-0.2, 0) is 14.8 Å². The van der Waals surface area contributed by atoms with E-state index in [2.05, 4.69) is 4.72 Å². The van der Waals surface area contributed by atoms with Crippen molar-refractivity contribution in [1.82, 2.24) is 4.72 Å². The zero-order valence-electron chi connectivity index (χ0n) is 11.3. The molecule has 1 aromatic carbocycles. The van der Waals surface area contributed by atoms with E-state index in [4.69, 9.17) is 21.4 Å². The molecule has 8 heteroatoms. The van der Waals surface area contributed by atoms with Gasteiger partial charge in [0.2, 0.25) is 10.0 Å². The van der Waals surface area contributed by atoms with E-state index in [1.165, 1.54) is 19.2 Å². The normalized spacial score (nSPS) is 12.4. The van der Waals surface area contributed by atoms with Gasteiger partial charge in [0.25, 0.3) is 0 Å². The number of aromatic carboxylic acids is 1. The number of hydrogen-bond donors (Lipinski definition) is 2. The lowest BCUT2D eigenvalue weighted by Gasteiger charge is -2.25. The van der Waals surface area contributed by atoms with E-state index in [1.807, 2.05) is 0 Å². The van der Waals surface area contributed by atoms with E-state index in [-0.39, 0.29) is 22.1 Å². The van der Waals surface area contributed by atoms with Gasteiger partial charge in [0.05, 0.1) is 22.7 Å². The summed E-state index contributed by atoms with van der Waals surface area (Å²) in [6, 6.07) is 3.50. The predicted octanol–water partition coefficient (Wildman–Crippen LogP) is 1.74. The van der Waals surface area contributed by atoms with E-state index in [0.717, 1.165) is 6.07 Å². The van der Waals surface area contributed by atoms with E-state index >= 15 is 0 Å². The number of methoxy groups -OCH3 is 1. The second-order valence-electron chi connectivity index (χ2n) is 4.87. The van der Waals surface area contributed by atoms with Crippen LogP contribution in [0.15, 0.2) is 23.1 Å². The molecule has 0 aliphatic carbocycles. The zero-order chi connectivity index (χ0) is 15.6. The summed E-state index contributed by atoms with van der Waals surface area (Å²) in [5.74, 6) is -1.23. The van der Waals surface area contributed by atoms with Gasteiger partial charge < -0.3 is 9.84 Å². The van der Waals surface area contributed by atoms with Crippen molar-refractivity contribution >= 4 is 27.6 Å². The van der Waals surface area contributed by atoms with Crippen LogP contribution in [0.4, 0.5) is 0 Å². The maximum absolute atomic E-state index is 12.3. The highest BCUT2D eigenvalue weighted by molar-refractivity contribution is 7.89. The SMILES string of the molecule is COCC(C)(C)NS(=O)(=O)c1cc(C(=O)O)ccc1Cl. The third kappa shape index (κ3) is 4.17. The molecule has 0 saturated heterocycles. The molecule has 0 heterocycles. The van der Waals surface area contributed by atoms with Crippen molar-refractivity contribution in [3.8, 4) is 0 Å². The van der Waals surface area contributed by atoms with Gasteiger partial charge in [0, 0.05) is 7.11 Å². The molecule has 0 bridgehead atoms. The molecule has 1 rings (SSSR count). The highest BCUT2D eigenvalue weighted by atomic mass is 35.5. The molecule has 1 aromatic rings. The molecule has 0 fully saturated rings. The summed E-state index contributed by atoms with van der Waals surface area (Å²) in [7, 11) is -2.50. The summed E-state index contributed by atoms with van der Waals surface area (Å²) in [6.45, 7) is 3.44. The molecule has 112 valence electrons. The van der Waals surface area contributed by atoms with Crippen LogP contribution in [0, 0.1) is 0 Å². The molecule has 0 amide bonds. The number of sulfonamides is 1. The Kier molecular flexibility index (Phi) is 5.15. The lowest BCUT2D eigenvalue weighted by molar-refractivity contribution is 0.0696. The van der Waals surface area contributed by atoms with E-state index in [0.29, 0.717) is 0 Å². The van der Waals surface area contributed by atoms with Crippen molar-refractivity contribution in [1.29, 1.82) is 0 Å². The molecule has 2 N–H and O–H groups in total. The number of rotatable bonds is 6. The summed E-state index contributed by atoms with van der Waals surface area (Å²) in [4.78, 5) is 10.6. The van der Waals surface area contributed by atoms with Crippen LogP contribution in [0.5, 0.6) is 0 Å². The fourth-order valence-corrected chi connectivity index (χ4v) is 3.58. The summed E-state index contributed by atoms with van der Waals surface area (Å²) in [5.41, 5.74) is -1.00. The largest absolute Gasteiger partial charge is 0.478 e. The van der Waals surface area contributed by atoms with Crippen LogP contribution in [0.3, 0.4) is 0 Å². The molecule has 0 saturated carbocycles. The van der Waals surface area contributed by atoms with Gasteiger partial charge in [-0.1, -0.05) is 11.6 Å². The molecule has 0 aliphatic heterocycles. The molecule has 0 aliphatic rings. The first-order chi connectivity index (χ1) is 9.09. The van der Waals surface area contributed by atoms with Crippen molar-refractivity contribution in [2.45, 2.75) is 24.3 Å². The Balaban J connectivity index is 3.22. The summed E-state index contributed by atoms with van der Waals surface area (Å²) in [6.07, 6.45) is 0. The van der Waals surface area contributed by atoms with Crippen molar-refractivity contribution in [3.63, 3.8) is 0 Å². The number of benzene rings is 1. The van der Waals surface area contributed by atoms with Crippen LogP contribution >= 0.6 is 11.6 Å². The number of carboxylic acids is 1. The first-order valence-corrected chi connectivity index (χ1v) is 7.51. The molecule has 0 unspecified atom stereocenters. The van der Waals surface area contributed by atoms with Gasteiger partial charge in [-0.05, 0) is 32.0 Å². The van der Waals surface area contributed by atoms with Crippen molar-refractivity contribution < 1.29 is 23.1 Å².